The van der Waals surface area contributed by atoms with E-state index >= 15 is 0 Å². The Kier molecular flexibility index (Phi) is 2.11. The number of hydrogen-bond acceptors (Lipinski definition) is 3. The first-order valence-corrected chi connectivity index (χ1v) is 6.06. The van der Waals surface area contributed by atoms with Crippen LogP contribution in [0.4, 0.5) is 0 Å². The maximum Gasteiger partial charge on any atom is 0.102 e. The number of imidazole rings is 2. The number of fused-ring (bicyclic) bond motifs is 2. The number of rotatable bonds is 2. The van der Waals surface area contributed by atoms with E-state index in [9.17, 15) is 0 Å². The van der Waals surface area contributed by atoms with Crippen LogP contribution < -0.4 is 0 Å². The van der Waals surface area contributed by atoms with Crippen molar-refractivity contribution in [1.82, 2.24) is 24.1 Å². The Bertz CT molecular complexity index is 786. The Hall–Kier alpha value is -2.69. The van der Waals surface area contributed by atoms with Gasteiger partial charge in [-0.2, -0.15) is 0 Å². The highest BCUT2D eigenvalue weighted by molar-refractivity contribution is 5.76. The largest absolute Gasteiger partial charge is 0.312 e. The summed E-state index contributed by atoms with van der Waals surface area (Å²) in [6, 6.07) is 10.0. The summed E-state index contributed by atoms with van der Waals surface area (Å²) in [6.07, 6.45) is 7.28. The standard InChI is InChI=1S/C14H11N5/c1-2-4-13-11(3-1)16-8-18(13)10-19-9-17-12-5-6-15-7-14(12)19/h1-9H,10H2. The zero-order valence-electron chi connectivity index (χ0n) is 10.1. The van der Waals surface area contributed by atoms with Gasteiger partial charge in [-0.3, -0.25) is 4.98 Å². The summed E-state index contributed by atoms with van der Waals surface area (Å²) in [6.45, 7) is 0.683. The molecule has 4 rings (SSSR count). The van der Waals surface area contributed by atoms with E-state index in [4.69, 9.17) is 0 Å². The van der Waals surface area contributed by atoms with E-state index < -0.39 is 0 Å². The van der Waals surface area contributed by atoms with Gasteiger partial charge in [0.1, 0.15) is 6.67 Å². The molecular weight excluding hydrogens is 238 g/mol. The molecule has 0 saturated carbocycles. The fraction of sp³-hybridized carbons (Fsp3) is 0.0714. The molecule has 5 nitrogen and oxygen atoms in total. The third-order valence-corrected chi connectivity index (χ3v) is 3.26. The Labute approximate surface area is 109 Å². The normalized spacial score (nSPS) is 11.4. The molecule has 0 unspecified atom stereocenters. The lowest BCUT2D eigenvalue weighted by atomic mass is 10.3. The monoisotopic (exact) mass is 249 g/mol. The summed E-state index contributed by atoms with van der Waals surface area (Å²) in [7, 11) is 0. The van der Waals surface area contributed by atoms with Crippen molar-refractivity contribution in [2.45, 2.75) is 6.67 Å². The molecule has 3 aromatic heterocycles. The van der Waals surface area contributed by atoms with Crippen LogP contribution in [-0.4, -0.2) is 24.1 Å². The van der Waals surface area contributed by atoms with Crippen LogP contribution in [-0.2, 0) is 6.67 Å². The summed E-state index contributed by atoms with van der Waals surface area (Å²) in [5, 5.41) is 0. The van der Waals surface area contributed by atoms with Gasteiger partial charge >= 0.3 is 0 Å². The zero-order valence-corrected chi connectivity index (χ0v) is 10.1. The molecule has 0 spiro atoms. The van der Waals surface area contributed by atoms with E-state index in [0.29, 0.717) is 6.67 Å². The van der Waals surface area contributed by atoms with Gasteiger partial charge in [0.25, 0.3) is 0 Å². The van der Waals surface area contributed by atoms with Gasteiger partial charge in [-0.1, -0.05) is 12.1 Å². The average Bonchev–Trinajstić information content (AvgIpc) is 3.05. The van der Waals surface area contributed by atoms with Crippen molar-refractivity contribution in [3.63, 3.8) is 0 Å². The van der Waals surface area contributed by atoms with Gasteiger partial charge in [0, 0.05) is 6.20 Å². The summed E-state index contributed by atoms with van der Waals surface area (Å²) in [4.78, 5) is 12.9. The molecule has 4 aromatic rings. The van der Waals surface area contributed by atoms with E-state index in [1.54, 1.807) is 6.20 Å². The van der Waals surface area contributed by atoms with Crippen LogP contribution in [0, 0.1) is 0 Å². The molecule has 0 atom stereocenters. The maximum atomic E-state index is 4.39. The minimum atomic E-state index is 0.683. The Balaban J connectivity index is 1.82. The van der Waals surface area contributed by atoms with Crippen molar-refractivity contribution in [1.29, 1.82) is 0 Å². The number of benzene rings is 1. The van der Waals surface area contributed by atoms with Crippen LogP contribution in [0.15, 0.2) is 55.4 Å². The SMILES string of the molecule is c1ccc2c(c1)ncn2Cn1cnc2ccncc21. The minimum absolute atomic E-state index is 0.683. The molecule has 0 aliphatic carbocycles. The molecule has 5 heteroatoms. The van der Waals surface area contributed by atoms with Gasteiger partial charge in [-0.25, -0.2) is 9.97 Å². The van der Waals surface area contributed by atoms with E-state index in [0.717, 1.165) is 22.1 Å². The van der Waals surface area contributed by atoms with Gasteiger partial charge in [0.2, 0.25) is 0 Å². The molecule has 0 fully saturated rings. The molecule has 1 aromatic carbocycles. The Morgan fingerprint density at radius 2 is 1.58 bits per heavy atom. The van der Waals surface area contributed by atoms with E-state index in [2.05, 4.69) is 30.2 Å². The van der Waals surface area contributed by atoms with Gasteiger partial charge in [0.15, 0.2) is 0 Å². The summed E-state index contributed by atoms with van der Waals surface area (Å²) < 4.78 is 4.17. The first kappa shape index (κ1) is 10.3. The first-order valence-electron chi connectivity index (χ1n) is 6.06. The molecule has 19 heavy (non-hydrogen) atoms. The maximum absolute atomic E-state index is 4.39. The van der Waals surface area contributed by atoms with Crippen LogP contribution in [0.1, 0.15) is 0 Å². The van der Waals surface area contributed by atoms with Gasteiger partial charge < -0.3 is 9.13 Å². The predicted molar refractivity (Wildman–Crippen MR) is 72.7 cm³/mol. The molecule has 3 heterocycles. The van der Waals surface area contributed by atoms with Crippen molar-refractivity contribution in [3.05, 3.63) is 55.4 Å². The number of pyridine rings is 1. The van der Waals surface area contributed by atoms with E-state index in [1.807, 2.05) is 43.1 Å². The molecule has 0 N–H and O–H groups in total. The van der Waals surface area contributed by atoms with Crippen molar-refractivity contribution >= 4 is 22.1 Å². The van der Waals surface area contributed by atoms with Crippen LogP contribution in [0.2, 0.25) is 0 Å². The highest BCUT2D eigenvalue weighted by Crippen LogP contribution is 2.14. The molecule has 0 radical (unpaired) electrons. The van der Waals surface area contributed by atoms with Crippen LogP contribution in [0.5, 0.6) is 0 Å². The van der Waals surface area contributed by atoms with Crippen LogP contribution in [0.25, 0.3) is 22.1 Å². The lowest BCUT2D eigenvalue weighted by Gasteiger charge is -2.06. The highest BCUT2D eigenvalue weighted by atomic mass is 15.2. The summed E-state index contributed by atoms with van der Waals surface area (Å²) >= 11 is 0. The third-order valence-electron chi connectivity index (χ3n) is 3.26. The molecule has 0 bridgehead atoms. The molecular formula is C14H11N5. The van der Waals surface area contributed by atoms with Gasteiger partial charge in [-0.15, -0.1) is 0 Å². The number of hydrogen-bond donors (Lipinski definition) is 0. The van der Waals surface area contributed by atoms with Crippen LogP contribution in [0.3, 0.4) is 0 Å². The van der Waals surface area contributed by atoms with Crippen LogP contribution >= 0.6 is 0 Å². The Morgan fingerprint density at radius 3 is 2.47 bits per heavy atom. The zero-order chi connectivity index (χ0) is 12.7. The summed E-state index contributed by atoms with van der Waals surface area (Å²) in [5.41, 5.74) is 4.11. The molecule has 0 aliphatic rings. The number of para-hydroxylation sites is 2. The lowest BCUT2D eigenvalue weighted by molar-refractivity contribution is 0.636. The van der Waals surface area contributed by atoms with Gasteiger partial charge in [-0.05, 0) is 18.2 Å². The fourth-order valence-corrected chi connectivity index (χ4v) is 2.30. The van der Waals surface area contributed by atoms with E-state index in [-0.39, 0.29) is 0 Å². The number of nitrogens with zero attached hydrogens (tertiary/aromatic N) is 5. The van der Waals surface area contributed by atoms with Crippen molar-refractivity contribution in [3.8, 4) is 0 Å². The predicted octanol–water partition coefficient (Wildman–Crippen LogP) is 2.29. The Morgan fingerprint density at radius 1 is 0.842 bits per heavy atom. The van der Waals surface area contributed by atoms with Crippen molar-refractivity contribution < 1.29 is 0 Å². The molecule has 0 aliphatic heterocycles. The minimum Gasteiger partial charge on any atom is -0.312 e. The summed E-state index contributed by atoms with van der Waals surface area (Å²) in [5.74, 6) is 0. The average molecular weight is 249 g/mol. The topological polar surface area (TPSA) is 48.5 Å². The fourth-order valence-electron chi connectivity index (χ4n) is 2.30. The third kappa shape index (κ3) is 1.59. The second kappa shape index (κ2) is 3.91. The second-order valence-corrected chi connectivity index (χ2v) is 4.42. The lowest BCUT2D eigenvalue weighted by Crippen LogP contribution is -2.05. The smallest absolute Gasteiger partial charge is 0.102 e. The van der Waals surface area contributed by atoms with E-state index in [1.165, 1.54) is 0 Å². The van der Waals surface area contributed by atoms with Crippen molar-refractivity contribution in [2.24, 2.45) is 0 Å². The van der Waals surface area contributed by atoms with Gasteiger partial charge in [0.05, 0.1) is 40.9 Å². The quantitative estimate of drug-likeness (QED) is 0.547. The first-order chi connectivity index (χ1) is 9.42. The number of aromatic nitrogens is 5. The molecule has 92 valence electrons. The van der Waals surface area contributed by atoms with Crippen molar-refractivity contribution in [2.75, 3.05) is 0 Å². The molecule has 0 saturated heterocycles. The second-order valence-electron chi connectivity index (χ2n) is 4.42. The molecule has 0 amide bonds. The highest BCUT2D eigenvalue weighted by Gasteiger charge is 2.05.